The molecule has 0 saturated heterocycles. The molecule has 0 aliphatic heterocycles. The number of aliphatic hydroxyl groups is 1. The second-order valence-electron chi connectivity index (χ2n) is 11.5. The highest BCUT2D eigenvalue weighted by molar-refractivity contribution is 7.22. The predicted octanol–water partition coefficient (Wildman–Crippen LogP) is 6.66. The lowest BCUT2D eigenvalue weighted by molar-refractivity contribution is 0.0690. The number of hydrogen-bond donors (Lipinski definition) is 3. The van der Waals surface area contributed by atoms with Crippen molar-refractivity contribution >= 4 is 60.8 Å². The molecular formula is C35H38FN7O4S2. The molecule has 2 aromatic carbocycles. The van der Waals surface area contributed by atoms with E-state index in [0.29, 0.717) is 64.7 Å². The molecule has 0 fully saturated rings. The standard InChI is InChI=1S/C35H38FN7O4S2/c1-23-21-30(40-41-32(23)39-34-37-26-12-5-6-13-28(26)48-34)43(18-7-4-8-19-44)35-38-31(33(45)46)29(49-35)14-10-20-47-27-16-15-24(22-25(27)36)11-9-17-42(2)3/h5-6,12-13,15-16,21-22,44H,4,7-8,10,14,17-20H2,1-3H3,(H,45,46)(H,37,39,41). The van der Waals surface area contributed by atoms with Gasteiger partial charge in [-0.25, -0.2) is 19.2 Å². The van der Waals surface area contributed by atoms with Crippen LogP contribution < -0.4 is 15.0 Å². The number of carboxylic acids is 1. The summed E-state index contributed by atoms with van der Waals surface area (Å²) >= 11 is 2.80. The molecule has 14 heteroatoms. The summed E-state index contributed by atoms with van der Waals surface area (Å²) in [5.74, 6) is 5.49. The van der Waals surface area contributed by atoms with Crippen LogP contribution in [0.15, 0.2) is 48.5 Å². The molecular weight excluding hydrogens is 666 g/mol. The number of aryl methyl sites for hydroxylation is 2. The van der Waals surface area contributed by atoms with Crippen LogP contribution in [0.1, 0.15) is 52.2 Å². The van der Waals surface area contributed by atoms with Gasteiger partial charge in [-0.05, 0) is 95.1 Å². The number of aliphatic hydroxyl groups excluding tert-OH is 1. The molecule has 0 saturated carbocycles. The van der Waals surface area contributed by atoms with Gasteiger partial charge in [0.05, 0.1) is 23.4 Å². The third-order valence-corrected chi connectivity index (χ3v) is 9.38. The number of carbonyl (C=O) groups is 1. The van der Waals surface area contributed by atoms with Gasteiger partial charge in [-0.2, -0.15) is 0 Å². The van der Waals surface area contributed by atoms with Crippen LogP contribution in [0.3, 0.4) is 0 Å². The summed E-state index contributed by atoms with van der Waals surface area (Å²) in [7, 11) is 3.82. The van der Waals surface area contributed by atoms with Crippen LogP contribution in [0.5, 0.6) is 5.75 Å². The van der Waals surface area contributed by atoms with Crippen molar-refractivity contribution in [2.24, 2.45) is 0 Å². The number of benzene rings is 2. The highest BCUT2D eigenvalue weighted by atomic mass is 32.1. The van der Waals surface area contributed by atoms with Crippen molar-refractivity contribution in [3.05, 3.63) is 76.0 Å². The van der Waals surface area contributed by atoms with E-state index in [1.807, 2.05) is 61.2 Å². The number of hydrogen-bond acceptors (Lipinski definition) is 12. The summed E-state index contributed by atoms with van der Waals surface area (Å²) in [5.41, 5.74) is 2.26. The monoisotopic (exact) mass is 703 g/mol. The fourth-order valence-electron chi connectivity index (χ4n) is 4.82. The number of nitrogens with one attached hydrogen (secondary N) is 1. The van der Waals surface area contributed by atoms with E-state index in [1.54, 1.807) is 12.1 Å². The zero-order chi connectivity index (χ0) is 34.8. The number of fused-ring (bicyclic) bond motifs is 1. The summed E-state index contributed by atoms with van der Waals surface area (Å²) in [4.78, 5) is 25.7. The number of ether oxygens (including phenoxy) is 1. The first-order chi connectivity index (χ1) is 23.7. The zero-order valence-electron chi connectivity index (χ0n) is 27.6. The van der Waals surface area contributed by atoms with Crippen molar-refractivity contribution in [1.29, 1.82) is 0 Å². The average molecular weight is 704 g/mol. The van der Waals surface area contributed by atoms with E-state index in [0.717, 1.165) is 28.6 Å². The lowest BCUT2D eigenvalue weighted by atomic mass is 10.2. The van der Waals surface area contributed by atoms with E-state index in [1.165, 1.54) is 28.7 Å². The summed E-state index contributed by atoms with van der Waals surface area (Å²) in [6.45, 7) is 3.27. The van der Waals surface area contributed by atoms with Crippen molar-refractivity contribution in [3.63, 3.8) is 0 Å². The van der Waals surface area contributed by atoms with E-state index >= 15 is 0 Å². The number of para-hydroxylation sites is 1. The normalized spacial score (nSPS) is 11.1. The minimum absolute atomic E-state index is 0.0361. The summed E-state index contributed by atoms with van der Waals surface area (Å²) < 4.78 is 21.4. The van der Waals surface area contributed by atoms with Crippen LogP contribution in [-0.2, 0) is 6.42 Å². The average Bonchev–Trinajstić information content (AvgIpc) is 3.69. The smallest absolute Gasteiger partial charge is 0.355 e. The maximum Gasteiger partial charge on any atom is 0.355 e. The van der Waals surface area contributed by atoms with Crippen molar-refractivity contribution in [3.8, 4) is 17.6 Å². The first-order valence-corrected chi connectivity index (χ1v) is 17.5. The Kier molecular flexibility index (Phi) is 12.4. The molecule has 0 amide bonds. The molecule has 5 rings (SSSR count). The van der Waals surface area contributed by atoms with Gasteiger partial charge in [-0.1, -0.05) is 35.3 Å². The number of aromatic nitrogens is 4. The zero-order valence-corrected chi connectivity index (χ0v) is 29.2. The molecule has 0 radical (unpaired) electrons. The molecule has 3 N–H and O–H groups in total. The number of aromatic carboxylic acids is 1. The largest absolute Gasteiger partial charge is 0.491 e. The molecule has 0 unspecified atom stereocenters. The van der Waals surface area contributed by atoms with Gasteiger partial charge >= 0.3 is 5.97 Å². The predicted molar refractivity (Wildman–Crippen MR) is 192 cm³/mol. The van der Waals surface area contributed by atoms with E-state index in [4.69, 9.17) is 4.74 Å². The number of thiazole rings is 2. The highest BCUT2D eigenvalue weighted by Gasteiger charge is 2.23. The quantitative estimate of drug-likeness (QED) is 0.0752. The first-order valence-electron chi connectivity index (χ1n) is 15.9. The molecule has 0 aliphatic rings. The van der Waals surface area contributed by atoms with Gasteiger partial charge in [0.25, 0.3) is 0 Å². The number of anilines is 4. The fraction of sp³-hybridized carbons (Fsp3) is 0.343. The van der Waals surface area contributed by atoms with E-state index in [9.17, 15) is 19.4 Å². The molecule has 3 heterocycles. The minimum atomic E-state index is -1.13. The summed E-state index contributed by atoms with van der Waals surface area (Å²) in [5, 5.41) is 32.7. The van der Waals surface area contributed by atoms with Gasteiger partial charge in [-0.3, -0.25) is 4.90 Å². The van der Waals surface area contributed by atoms with Gasteiger partial charge in [-0.15, -0.1) is 21.5 Å². The lowest BCUT2D eigenvalue weighted by Crippen LogP contribution is -2.21. The molecule has 11 nitrogen and oxygen atoms in total. The number of carboxylic acid groups (broad SMARTS) is 1. The van der Waals surface area contributed by atoms with Crippen molar-refractivity contribution in [1.82, 2.24) is 25.1 Å². The lowest BCUT2D eigenvalue weighted by Gasteiger charge is -2.21. The van der Waals surface area contributed by atoms with Crippen LogP contribution >= 0.6 is 22.7 Å². The molecule has 0 spiro atoms. The van der Waals surface area contributed by atoms with Gasteiger partial charge in [0.2, 0.25) is 0 Å². The molecule has 5 aromatic rings. The van der Waals surface area contributed by atoms with Crippen LogP contribution in [-0.4, -0.2) is 81.6 Å². The van der Waals surface area contributed by atoms with E-state index < -0.39 is 11.8 Å². The van der Waals surface area contributed by atoms with Gasteiger partial charge in [0, 0.05) is 23.6 Å². The van der Waals surface area contributed by atoms with Crippen LogP contribution in [0.4, 0.5) is 26.3 Å². The first kappa shape index (κ1) is 35.6. The fourth-order valence-corrected chi connectivity index (χ4v) is 6.81. The van der Waals surface area contributed by atoms with Gasteiger partial charge < -0.3 is 25.2 Å². The Hall–Kier alpha value is -4.68. The maximum atomic E-state index is 14.6. The van der Waals surface area contributed by atoms with E-state index in [-0.39, 0.29) is 24.7 Å². The molecule has 0 bridgehead atoms. The van der Waals surface area contributed by atoms with Crippen molar-refractivity contribution < 1.29 is 24.1 Å². The molecule has 0 atom stereocenters. The topological polar surface area (TPSA) is 137 Å². The van der Waals surface area contributed by atoms with Crippen molar-refractivity contribution in [2.45, 2.75) is 39.0 Å². The second-order valence-corrected chi connectivity index (χ2v) is 13.6. The Morgan fingerprint density at radius 1 is 1.04 bits per heavy atom. The van der Waals surface area contributed by atoms with Gasteiger partial charge in [0.1, 0.15) is 0 Å². The second kappa shape index (κ2) is 17.1. The Bertz CT molecular complexity index is 1920. The third-order valence-electron chi connectivity index (χ3n) is 7.29. The number of unbranched alkanes of at least 4 members (excludes halogenated alkanes) is 2. The van der Waals surface area contributed by atoms with Crippen LogP contribution in [0.2, 0.25) is 0 Å². The van der Waals surface area contributed by atoms with Gasteiger partial charge in [0.15, 0.2) is 39.2 Å². The molecule has 0 aliphatic carbocycles. The van der Waals surface area contributed by atoms with E-state index in [2.05, 4.69) is 37.3 Å². The summed E-state index contributed by atoms with van der Waals surface area (Å²) in [6, 6.07) is 14.4. The summed E-state index contributed by atoms with van der Waals surface area (Å²) in [6.07, 6.45) is 2.98. The number of halogens is 1. The molecule has 256 valence electrons. The Labute approximate surface area is 292 Å². The maximum absolute atomic E-state index is 14.6. The van der Waals surface area contributed by atoms with Crippen molar-refractivity contribution in [2.75, 3.05) is 50.6 Å². The number of rotatable bonds is 16. The SMILES string of the molecule is Cc1cc(N(CCCCCO)c2nc(C(=O)O)c(CCCOc3ccc(C#CCN(C)C)cc3F)s2)nnc1Nc1nc2ccccc2s1. The Morgan fingerprint density at radius 2 is 1.88 bits per heavy atom. The minimum Gasteiger partial charge on any atom is -0.491 e. The third kappa shape index (κ3) is 9.70. The Morgan fingerprint density at radius 3 is 2.61 bits per heavy atom. The Balaban J connectivity index is 1.29. The van der Waals surface area contributed by atoms with Crippen LogP contribution in [0, 0.1) is 24.6 Å². The molecule has 3 aromatic heterocycles. The highest BCUT2D eigenvalue weighted by Crippen LogP contribution is 2.34. The molecule has 49 heavy (non-hydrogen) atoms. The number of nitrogens with zero attached hydrogens (tertiary/aromatic N) is 6. The van der Waals surface area contributed by atoms with Crippen LogP contribution in [0.25, 0.3) is 10.2 Å².